The van der Waals surface area contributed by atoms with Crippen molar-refractivity contribution >= 4 is 22.7 Å². The normalized spacial score (nSPS) is 23.6. The molecule has 13 heteroatoms. The number of anilines is 2. The van der Waals surface area contributed by atoms with Gasteiger partial charge in [-0.1, -0.05) is 0 Å². The summed E-state index contributed by atoms with van der Waals surface area (Å²) in [6.07, 6.45) is 0.609. The maximum atomic E-state index is 14.0. The first kappa shape index (κ1) is 24.5. The van der Waals surface area contributed by atoms with Crippen molar-refractivity contribution in [1.82, 2.24) is 24.5 Å². The smallest absolute Gasteiger partial charge is 0.265 e. The van der Waals surface area contributed by atoms with Crippen molar-refractivity contribution in [2.45, 2.75) is 43.5 Å². The molecule has 2 saturated heterocycles. The van der Waals surface area contributed by atoms with Crippen molar-refractivity contribution in [1.29, 1.82) is 0 Å². The van der Waals surface area contributed by atoms with Crippen LogP contribution in [0.25, 0.3) is 22.4 Å². The Hall–Kier alpha value is -3.84. The number of hydrogen-bond acceptors (Lipinski definition) is 8. The molecule has 4 aromatic rings. The van der Waals surface area contributed by atoms with E-state index in [1.165, 1.54) is 12.4 Å². The fourth-order valence-electron chi connectivity index (χ4n) is 5.57. The Kier molecular flexibility index (Phi) is 5.72. The molecule has 1 aromatic carbocycles. The number of alkyl halides is 2. The zero-order valence-electron chi connectivity index (χ0n) is 20.0. The molecule has 38 heavy (non-hydrogen) atoms. The van der Waals surface area contributed by atoms with Gasteiger partial charge in [-0.25, -0.2) is 32.5 Å². The first-order valence-corrected chi connectivity index (χ1v) is 12.0. The second-order valence-electron chi connectivity index (χ2n) is 9.97. The summed E-state index contributed by atoms with van der Waals surface area (Å²) in [5, 5.41) is 10.3. The second-order valence-corrected chi connectivity index (χ2v) is 9.97. The van der Waals surface area contributed by atoms with E-state index in [-0.39, 0.29) is 30.9 Å². The lowest BCUT2D eigenvalue weighted by atomic mass is 9.61. The third kappa shape index (κ3) is 3.84. The van der Waals surface area contributed by atoms with E-state index >= 15 is 0 Å². The van der Waals surface area contributed by atoms with Crippen molar-refractivity contribution in [2.75, 3.05) is 17.2 Å². The Labute approximate surface area is 214 Å². The molecule has 2 bridgehead atoms. The zero-order chi connectivity index (χ0) is 26.8. The summed E-state index contributed by atoms with van der Waals surface area (Å²) in [6.45, 7) is 0.232. The fourth-order valence-corrected chi connectivity index (χ4v) is 5.57. The lowest BCUT2D eigenvalue weighted by molar-refractivity contribution is -0.0917. The highest BCUT2D eigenvalue weighted by Crippen LogP contribution is 2.48. The number of fused-ring (bicyclic) bond motifs is 3. The predicted octanol–water partition coefficient (Wildman–Crippen LogP) is 2.72. The molecule has 5 heterocycles. The van der Waals surface area contributed by atoms with Crippen molar-refractivity contribution in [3.05, 3.63) is 60.3 Å². The van der Waals surface area contributed by atoms with Gasteiger partial charge in [0.1, 0.15) is 17.9 Å². The minimum atomic E-state index is -2.98. The van der Waals surface area contributed by atoms with Crippen LogP contribution in [0, 0.1) is 17.6 Å². The van der Waals surface area contributed by atoms with Gasteiger partial charge in [0.05, 0.1) is 36.0 Å². The lowest BCUT2D eigenvalue weighted by Crippen LogP contribution is -2.75. The summed E-state index contributed by atoms with van der Waals surface area (Å²) in [5.74, 6) is -1.98. The molecule has 3 aliphatic rings. The average molecular weight is 529 g/mol. The second kappa shape index (κ2) is 8.88. The molecule has 1 saturated carbocycles. The van der Waals surface area contributed by atoms with Crippen molar-refractivity contribution < 1.29 is 22.7 Å². The number of halogens is 4. The number of aromatic nitrogens is 5. The lowest BCUT2D eigenvalue weighted by Gasteiger charge is -2.60. The highest BCUT2D eigenvalue weighted by Gasteiger charge is 2.57. The molecule has 7 rings (SSSR count). The molecular formula is C25H24F4N8O. The SMILES string of the molecule is Nc1ncnc2c1ncn2Cc1cc(-c2ccc(F)c(F)c2)ncc1N1C[C@@](N)([C@H](O)C(F)F)C2CC1C2. The number of nitrogen functional groups attached to an aromatic ring is 1. The molecule has 2 aliphatic heterocycles. The molecule has 0 unspecified atom stereocenters. The van der Waals surface area contributed by atoms with Crippen LogP contribution in [0.5, 0.6) is 0 Å². The number of hydrogen-bond donors (Lipinski definition) is 3. The Morgan fingerprint density at radius 3 is 2.61 bits per heavy atom. The van der Waals surface area contributed by atoms with Gasteiger partial charge >= 0.3 is 0 Å². The van der Waals surface area contributed by atoms with Gasteiger partial charge in [-0.3, -0.25) is 4.98 Å². The summed E-state index contributed by atoms with van der Waals surface area (Å²) < 4.78 is 56.4. The quantitative estimate of drug-likeness (QED) is 0.326. The average Bonchev–Trinajstić information content (AvgIpc) is 3.28. The van der Waals surface area contributed by atoms with Crippen LogP contribution in [-0.4, -0.2) is 60.3 Å². The van der Waals surface area contributed by atoms with Crippen molar-refractivity contribution in [2.24, 2.45) is 11.7 Å². The minimum absolute atomic E-state index is 0.00678. The summed E-state index contributed by atoms with van der Waals surface area (Å²) in [6, 6.07) is 5.27. The Balaban J connectivity index is 1.44. The van der Waals surface area contributed by atoms with Gasteiger partial charge in [0, 0.05) is 18.2 Å². The molecule has 0 radical (unpaired) electrons. The molecule has 9 nitrogen and oxygen atoms in total. The summed E-state index contributed by atoms with van der Waals surface area (Å²) in [5.41, 5.74) is 13.8. The van der Waals surface area contributed by atoms with E-state index in [1.54, 1.807) is 23.2 Å². The van der Waals surface area contributed by atoms with Crippen LogP contribution in [0.4, 0.5) is 29.1 Å². The largest absolute Gasteiger partial charge is 0.385 e. The van der Waals surface area contributed by atoms with Gasteiger partial charge in [-0.2, -0.15) is 0 Å². The molecule has 0 amide bonds. The molecular weight excluding hydrogens is 504 g/mol. The Morgan fingerprint density at radius 1 is 1.08 bits per heavy atom. The van der Waals surface area contributed by atoms with Crippen LogP contribution in [0.15, 0.2) is 43.1 Å². The van der Waals surface area contributed by atoms with Gasteiger partial charge in [-0.05, 0) is 48.6 Å². The number of benzene rings is 1. The number of imidazole rings is 1. The van der Waals surface area contributed by atoms with Crippen molar-refractivity contribution in [3.8, 4) is 11.3 Å². The number of nitrogens with two attached hydrogens (primary N) is 2. The molecule has 3 aromatic heterocycles. The zero-order valence-corrected chi connectivity index (χ0v) is 20.0. The molecule has 3 fully saturated rings. The van der Waals surface area contributed by atoms with Gasteiger partial charge in [-0.15, -0.1) is 0 Å². The maximum absolute atomic E-state index is 14.0. The molecule has 2 atom stereocenters. The van der Waals surface area contributed by atoms with E-state index < -0.39 is 29.7 Å². The predicted molar refractivity (Wildman–Crippen MR) is 131 cm³/mol. The van der Waals surface area contributed by atoms with Gasteiger partial charge in [0.2, 0.25) is 0 Å². The van der Waals surface area contributed by atoms with Gasteiger partial charge in [0.15, 0.2) is 23.1 Å². The first-order chi connectivity index (χ1) is 18.2. The molecule has 198 valence electrons. The highest BCUT2D eigenvalue weighted by atomic mass is 19.3. The van der Waals surface area contributed by atoms with Crippen LogP contribution < -0.4 is 16.4 Å². The summed E-state index contributed by atoms with van der Waals surface area (Å²) >= 11 is 0. The van der Waals surface area contributed by atoms with Crippen LogP contribution >= 0.6 is 0 Å². The van der Waals surface area contributed by atoms with Crippen molar-refractivity contribution in [3.63, 3.8) is 0 Å². The number of nitrogens with zero attached hydrogens (tertiary/aromatic N) is 6. The number of pyridine rings is 1. The summed E-state index contributed by atoms with van der Waals surface area (Å²) in [7, 11) is 0. The third-order valence-electron chi connectivity index (χ3n) is 7.81. The van der Waals surface area contributed by atoms with E-state index in [4.69, 9.17) is 11.5 Å². The minimum Gasteiger partial charge on any atom is -0.385 e. The Morgan fingerprint density at radius 2 is 1.87 bits per heavy atom. The fraction of sp³-hybridized carbons (Fsp3) is 0.360. The van der Waals surface area contributed by atoms with E-state index in [2.05, 4.69) is 19.9 Å². The van der Waals surface area contributed by atoms with Crippen LogP contribution in [0.1, 0.15) is 18.4 Å². The number of rotatable bonds is 6. The monoisotopic (exact) mass is 528 g/mol. The summed E-state index contributed by atoms with van der Waals surface area (Å²) in [4.78, 5) is 18.9. The topological polar surface area (TPSA) is 132 Å². The van der Waals surface area contributed by atoms with E-state index in [1.807, 2.05) is 4.90 Å². The molecule has 1 aliphatic carbocycles. The standard InChI is InChI=1S/C25H24F4N8O/c26-16-2-1-12(3-17(16)27)18-4-13(8-36-11-35-20-23(30)33-10-34-24(20)36)19(7-32-18)37-9-25(31,21(38)22(28)29)14-5-15(37)6-14/h1-4,7,10-11,14-15,21-22,38H,5-6,8-9,31H2,(H2,30,33,34)/t14?,15?,21-,25+/m1/s1. The van der Waals surface area contributed by atoms with E-state index in [0.29, 0.717) is 46.5 Å². The Bertz CT molecular complexity index is 1520. The third-order valence-corrected chi connectivity index (χ3v) is 7.81. The maximum Gasteiger partial charge on any atom is 0.265 e. The van der Waals surface area contributed by atoms with E-state index in [0.717, 1.165) is 12.1 Å². The van der Waals surface area contributed by atoms with Gasteiger partial charge in [0.25, 0.3) is 6.43 Å². The molecule has 0 spiro atoms. The first-order valence-electron chi connectivity index (χ1n) is 12.0. The molecule has 5 N–H and O–H groups in total. The number of piperidine rings is 2. The number of aliphatic hydroxyl groups excluding tert-OH is 1. The van der Waals surface area contributed by atoms with E-state index in [9.17, 15) is 22.7 Å². The van der Waals surface area contributed by atoms with Crippen LogP contribution in [0.3, 0.4) is 0 Å². The van der Waals surface area contributed by atoms with Crippen LogP contribution in [-0.2, 0) is 6.54 Å². The number of aliphatic hydroxyl groups is 1. The van der Waals surface area contributed by atoms with Gasteiger partial charge < -0.3 is 26.0 Å². The highest BCUT2D eigenvalue weighted by molar-refractivity contribution is 5.81. The van der Waals surface area contributed by atoms with Crippen LogP contribution in [0.2, 0.25) is 0 Å².